The molecule has 230 valence electrons. The second-order valence-corrected chi connectivity index (χ2v) is 11.1. The number of carbonyl (C=O) groups excluding carboxylic acids is 3. The normalized spacial score (nSPS) is 13.0. The van der Waals surface area contributed by atoms with E-state index in [0.717, 1.165) is 12.8 Å². The van der Waals surface area contributed by atoms with Gasteiger partial charge in [0.25, 0.3) is 11.8 Å². The molecule has 0 bridgehead atoms. The Labute approximate surface area is 256 Å². The summed E-state index contributed by atoms with van der Waals surface area (Å²) in [6.45, 7) is 0.800. The van der Waals surface area contributed by atoms with E-state index in [9.17, 15) is 34.2 Å². The Morgan fingerprint density at radius 1 is 0.622 bits per heavy atom. The fourth-order valence-electron chi connectivity index (χ4n) is 6.45. The second kappa shape index (κ2) is 12.1. The van der Waals surface area contributed by atoms with Crippen LogP contribution in [0, 0.1) is 0 Å². The summed E-state index contributed by atoms with van der Waals surface area (Å²) in [5.41, 5.74) is 0.514. The molecule has 0 aromatic heterocycles. The number of imide groups is 1. The van der Waals surface area contributed by atoms with E-state index in [1.807, 2.05) is 0 Å². The molecule has 1 aliphatic rings. The number of rotatable bonds is 13. The topological polar surface area (TPSA) is 174 Å². The fourth-order valence-corrected chi connectivity index (χ4v) is 6.45. The van der Waals surface area contributed by atoms with Gasteiger partial charge in [-0.15, -0.1) is 0 Å². The van der Waals surface area contributed by atoms with Crippen LogP contribution in [0.15, 0.2) is 48.5 Å². The molecule has 0 unspecified atom stereocenters. The minimum atomic E-state index is -1.24. The molecule has 2 amide bonds. The van der Waals surface area contributed by atoms with Gasteiger partial charge in [0.1, 0.15) is 0 Å². The van der Waals surface area contributed by atoms with Crippen LogP contribution in [0.2, 0.25) is 0 Å². The highest BCUT2D eigenvalue weighted by atomic mass is 16.6. The number of unbranched alkanes of at least 4 members (excludes halogenated alkanes) is 3. The zero-order valence-electron chi connectivity index (χ0n) is 24.3. The first kappa shape index (κ1) is 29.9. The van der Waals surface area contributed by atoms with Crippen LogP contribution in [0.5, 0.6) is 0 Å². The number of carbonyl (C=O) groups is 5. The molecule has 0 saturated carbocycles. The van der Waals surface area contributed by atoms with Crippen LogP contribution < -0.4 is 5.90 Å². The van der Waals surface area contributed by atoms with Crippen molar-refractivity contribution in [3.05, 3.63) is 70.8 Å². The molecule has 0 fully saturated rings. The van der Waals surface area contributed by atoms with E-state index in [2.05, 4.69) is 4.84 Å². The first-order valence-corrected chi connectivity index (χ1v) is 14.7. The molecule has 11 nitrogen and oxygen atoms in total. The summed E-state index contributed by atoms with van der Waals surface area (Å²) in [7, 11) is 0. The maximum absolute atomic E-state index is 13.7. The zero-order chi connectivity index (χ0) is 31.8. The monoisotopic (exact) mass is 610 g/mol. The number of amides is 2. The Hall–Kier alpha value is -5.13. The molecule has 6 rings (SSSR count). The highest BCUT2D eigenvalue weighted by molar-refractivity contribution is 6.39. The van der Waals surface area contributed by atoms with Crippen LogP contribution in [0.1, 0.15) is 80.0 Å². The van der Waals surface area contributed by atoms with Gasteiger partial charge >= 0.3 is 17.9 Å². The SMILES string of the molecule is NOCCCCCC(=O)OCCCCN1C(=O)c2ccc3c4ccc(C(=O)O)c5c(C(=O)O)ccc(c6ccc(c2c36)C1=O)c54. The first-order valence-electron chi connectivity index (χ1n) is 14.7. The smallest absolute Gasteiger partial charge is 0.336 e. The quantitative estimate of drug-likeness (QED) is 0.0385. The van der Waals surface area contributed by atoms with Crippen LogP contribution in [0.4, 0.5) is 0 Å². The Kier molecular flexibility index (Phi) is 8.05. The number of fused-ring (bicyclic) bond motifs is 2. The predicted molar refractivity (Wildman–Crippen MR) is 166 cm³/mol. The van der Waals surface area contributed by atoms with Gasteiger partial charge in [-0.2, -0.15) is 0 Å². The second-order valence-electron chi connectivity index (χ2n) is 11.1. The summed E-state index contributed by atoms with van der Waals surface area (Å²) in [6, 6.07) is 13.0. The van der Waals surface area contributed by atoms with Crippen molar-refractivity contribution < 1.29 is 43.8 Å². The van der Waals surface area contributed by atoms with E-state index >= 15 is 0 Å². The molecule has 0 spiro atoms. The average Bonchev–Trinajstić information content (AvgIpc) is 3.03. The molecule has 1 aliphatic heterocycles. The van der Waals surface area contributed by atoms with Gasteiger partial charge in [-0.3, -0.25) is 19.3 Å². The summed E-state index contributed by atoms with van der Waals surface area (Å²) in [6.07, 6.45) is 3.51. The van der Waals surface area contributed by atoms with E-state index < -0.39 is 23.8 Å². The van der Waals surface area contributed by atoms with Gasteiger partial charge in [-0.1, -0.05) is 30.7 Å². The fraction of sp³-hybridized carbons (Fsp3) is 0.265. The molecule has 0 radical (unpaired) electrons. The van der Waals surface area contributed by atoms with E-state index in [0.29, 0.717) is 81.1 Å². The molecule has 5 aromatic rings. The van der Waals surface area contributed by atoms with Crippen molar-refractivity contribution in [2.75, 3.05) is 19.8 Å². The zero-order valence-corrected chi connectivity index (χ0v) is 24.3. The molecular formula is C34H30N2O9. The van der Waals surface area contributed by atoms with E-state index in [1.54, 1.807) is 36.4 Å². The first-order chi connectivity index (χ1) is 21.7. The van der Waals surface area contributed by atoms with Crippen LogP contribution in [-0.4, -0.2) is 64.6 Å². The number of hydrogen-bond donors (Lipinski definition) is 3. The summed E-state index contributed by atoms with van der Waals surface area (Å²) < 4.78 is 5.28. The molecule has 5 aromatic carbocycles. The van der Waals surface area contributed by atoms with Crippen LogP contribution in [0.3, 0.4) is 0 Å². The lowest BCUT2D eigenvalue weighted by Crippen LogP contribution is -2.41. The van der Waals surface area contributed by atoms with Crippen LogP contribution in [0.25, 0.3) is 43.1 Å². The van der Waals surface area contributed by atoms with Crippen LogP contribution in [-0.2, 0) is 14.4 Å². The van der Waals surface area contributed by atoms with Gasteiger partial charge in [0.05, 0.1) is 24.3 Å². The van der Waals surface area contributed by atoms with Crippen molar-refractivity contribution in [2.45, 2.75) is 38.5 Å². The van der Waals surface area contributed by atoms with Gasteiger partial charge in [0.15, 0.2) is 0 Å². The maximum atomic E-state index is 13.7. The number of ether oxygens (including phenoxy) is 1. The third-order valence-electron chi connectivity index (χ3n) is 8.50. The summed E-state index contributed by atoms with van der Waals surface area (Å²) in [4.78, 5) is 69.2. The van der Waals surface area contributed by atoms with E-state index in [4.69, 9.17) is 10.6 Å². The largest absolute Gasteiger partial charge is 0.478 e. The summed E-state index contributed by atoms with van der Waals surface area (Å²) in [5.74, 6) is 1.37. The Morgan fingerprint density at radius 2 is 1.13 bits per heavy atom. The van der Waals surface area contributed by atoms with Crippen molar-refractivity contribution >= 4 is 72.8 Å². The summed E-state index contributed by atoms with van der Waals surface area (Å²) >= 11 is 0. The third kappa shape index (κ3) is 5.09. The number of carboxylic acids is 2. The van der Waals surface area contributed by atoms with Crippen molar-refractivity contribution in [1.29, 1.82) is 0 Å². The highest BCUT2D eigenvalue weighted by Crippen LogP contribution is 2.45. The van der Waals surface area contributed by atoms with E-state index in [1.165, 1.54) is 17.0 Å². The number of benzene rings is 5. The van der Waals surface area contributed by atoms with Gasteiger partial charge in [0, 0.05) is 34.9 Å². The molecule has 0 saturated heterocycles. The number of aromatic carboxylic acids is 2. The van der Waals surface area contributed by atoms with Gasteiger partial charge in [-0.05, 0) is 82.3 Å². The number of nitrogens with zero attached hydrogens (tertiary/aromatic N) is 1. The van der Waals surface area contributed by atoms with E-state index in [-0.39, 0.29) is 35.6 Å². The van der Waals surface area contributed by atoms with Crippen molar-refractivity contribution in [3.8, 4) is 0 Å². The van der Waals surface area contributed by atoms with Crippen molar-refractivity contribution in [2.24, 2.45) is 5.90 Å². The minimum Gasteiger partial charge on any atom is -0.478 e. The number of esters is 1. The lowest BCUT2D eigenvalue weighted by atomic mass is 9.83. The number of carboxylic acid groups (broad SMARTS) is 2. The molecule has 4 N–H and O–H groups in total. The average molecular weight is 611 g/mol. The molecule has 0 aliphatic carbocycles. The molecular weight excluding hydrogens is 580 g/mol. The van der Waals surface area contributed by atoms with Crippen molar-refractivity contribution in [1.82, 2.24) is 4.90 Å². The van der Waals surface area contributed by atoms with Gasteiger partial charge in [-0.25, -0.2) is 15.5 Å². The standard InChI is InChI=1S/C34H30N2O9/c35-45-17-4-1-2-6-26(37)44-16-5-3-15-36-31(38)22-11-7-18-20-9-13-24(33(40)41)30-25(34(42)43)14-10-21(28(20)30)19-8-12-23(32(36)39)29(22)27(18)19/h7-14H,1-6,15-17,35H2,(H,40,41)(H,42,43). The van der Waals surface area contributed by atoms with Crippen molar-refractivity contribution in [3.63, 3.8) is 0 Å². The lowest BCUT2D eigenvalue weighted by Gasteiger charge is -2.28. The Morgan fingerprint density at radius 3 is 1.67 bits per heavy atom. The number of nitrogens with two attached hydrogens (primary N) is 1. The number of hydrogen-bond acceptors (Lipinski definition) is 8. The predicted octanol–water partition coefficient (Wildman–Crippen LogP) is 5.50. The molecule has 1 heterocycles. The maximum Gasteiger partial charge on any atom is 0.336 e. The molecule has 45 heavy (non-hydrogen) atoms. The van der Waals surface area contributed by atoms with Crippen LogP contribution >= 0.6 is 0 Å². The molecule has 0 atom stereocenters. The Bertz CT molecular complexity index is 1920. The highest BCUT2D eigenvalue weighted by Gasteiger charge is 2.34. The van der Waals surface area contributed by atoms with Gasteiger partial charge in [0.2, 0.25) is 0 Å². The Balaban J connectivity index is 1.29. The third-order valence-corrected chi connectivity index (χ3v) is 8.50. The molecule has 11 heteroatoms. The van der Waals surface area contributed by atoms with Gasteiger partial charge < -0.3 is 19.8 Å². The lowest BCUT2D eigenvalue weighted by molar-refractivity contribution is -0.143. The summed E-state index contributed by atoms with van der Waals surface area (Å²) in [5, 5.41) is 24.2. The minimum absolute atomic E-state index is 0.119.